The minimum atomic E-state index is 0.566. The highest BCUT2D eigenvalue weighted by Gasteiger charge is 2.15. The van der Waals surface area contributed by atoms with Crippen molar-refractivity contribution in [3.63, 3.8) is 0 Å². The van der Waals surface area contributed by atoms with Gasteiger partial charge in [0.05, 0.1) is 21.3 Å². The summed E-state index contributed by atoms with van der Waals surface area (Å²) in [5.41, 5.74) is 0.996. The summed E-state index contributed by atoms with van der Waals surface area (Å²) < 4.78 is 18.5. The molecule has 1 aromatic heterocycles. The molecule has 164 valence electrons. The van der Waals surface area contributed by atoms with E-state index in [9.17, 15) is 0 Å². The molecule has 9 heteroatoms. The molecular formula is C21H32N6O3. The van der Waals surface area contributed by atoms with E-state index >= 15 is 0 Å². The molecule has 3 rings (SSSR count). The highest BCUT2D eigenvalue weighted by molar-refractivity contribution is 5.79. The van der Waals surface area contributed by atoms with Crippen molar-refractivity contribution in [2.24, 2.45) is 4.99 Å². The SMILES string of the molecule is CN=C(NCCc1nnc2n1CCCCC2)NCc1cc(OC)c(OC)c(OC)c1. The smallest absolute Gasteiger partial charge is 0.203 e. The van der Waals surface area contributed by atoms with Crippen LogP contribution in [-0.4, -0.2) is 55.6 Å². The van der Waals surface area contributed by atoms with Gasteiger partial charge in [0, 0.05) is 39.5 Å². The largest absolute Gasteiger partial charge is 0.493 e. The third kappa shape index (κ3) is 5.14. The lowest BCUT2D eigenvalue weighted by Crippen LogP contribution is -2.38. The van der Waals surface area contributed by atoms with E-state index in [1.165, 1.54) is 19.3 Å². The first kappa shape index (κ1) is 21.7. The summed E-state index contributed by atoms with van der Waals surface area (Å²) in [7, 11) is 6.58. The average molecular weight is 417 g/mol. The van der Waals surface area contributed by atoms with Crippen molar-refractivity contribution in [1.82, 2.24) is 25.4 Å². The molecule has 2 aromatic rings. The predicted molar refractivity (Wildman–Crippen MR) is 116 cm³/mol. The van der Waals surface area contributed by atoms with Gasteiger partial charge in [0.2, 0.25) is 5.75 Å². The molecule has 0 atom stereocenters. The van der Waals surface area contributed by atoms with Gasteiger partial charge >= 0.3 is 0 Å². The normalized spacial score (nSPS) is 13.9. The minimum Gasteiger partial charge on any atom is -0.493 e. The van der Waals surface area contributed by atoms with Gasteiger partial charge in [0.15, 0.2) is 17.5 Å². The van der Waals surface area contributed by atoms with E-state index in [1.54, 1.807) is 28.4 Å². The summed E-state index contributed by atoms with van der Waals surface area (Å²) in [6, 6.07) is 3.85. The Morgan fingerprint density at radius 3 is 2.47 bits per heavy atom. The first-order valence-corrected chi connectivity index (χ1v) is 10.3. The summed E-state index contributed by atoms with van der Waals surface area (Å²) in [5, 5.41) is 15.4. The van der Waals surface area contributed by atoms with Crippen LogP contribution in [0.3, 0.4) is 0 Å². The second kappa shape index (κ2) is 10.7. The van der Waals surface area contributed by atoms with Crippen molar-refractivity contribution in [2.75, 3.05) is 34.9 Å². The van der Waals surface area contributed by atoms with Crippen molar-refractivity contribution in [2.45, 2.75) is 45.2 Å². The van der Waals surface area contributed by atoms with Gasteiger partial charge in [0.1, 0.15) is 11.6 Å². The molecule has 0 spiro atoms. The quantitative estimate of drug-likeness (QED) is 0.502. The van der Waals surface area contributed by atoms with E-state index in [1.807, 2.05) is 12.1 Å². The number of guanidine groups is 1. The Balaban J connectivity index is 1.55. The second-order valence-corrected chi connectivity index (χ2v) is 7.13. The van der Waals surface area contributed by atoms with Crippen molar-refractivity contribution in [1.29, 1.82) is 0 Å². The Bertz CT molecular complexity index is 839. The maximum atomic E-state index is 5.42. The Labute approximate surface area is 177 Å². The van der Waals surface area contributed by atoms with Crippen LogP contribution in [0.15, 0.2) is 17.1 Å². The standard InChI is InChI=1S/C21H32N6O3/c1-22-21(23-10-9-19-26-25-18-8-6-5-7-11-27(18)19)24-14-15-12-16(28-2)20(30-4)17(13-15)29-3/h12-13H,5-11,14H2,1-4H3,(H2,22,23,24). The molecule has 1 aromatic carbocycles. The van der Waals surface area contributed by atoms with Crippen molar-refractivity contribution in [3.05, 3.63) is 29.3 Å². The Kier molecular flexibility index (Phi) is 7.75. The number of aliphatic imine (C=N–C) groups is 1. The Morgan fingerprint density at radius 2 is 1.80 bits per heavy atom. The van der Waals surface area contributed by atoms with E-state index in [0.717, 1.165) is 49.1 Å². The van der Waals surface area contributed by atoms with E-state index < -0.39 is 0 Å². The average Bonchev–Trinajstić information content (AvgIpc) is 3.00. The molecule has 1 aliphatic rings. The molecule has 0 saturated heterocycles. The van der Waals surface area contributed by atoms with E-state index in [4.69, 9.17) is 14.2 Å². The zero-order valence-electron chi connectivity index (χ0n) is 18.3. The van der Waals surface area contributed by atoms with Crippen LogP contribution >= 0.6 is 0 Å². The van der Waals surface area contributed by atoms with Crippen molar-refractivity contribution < 1.29 is 14.2 Å². The fourth-order valence-electron chi connectivity index (χ4n) is 3.67. The van der Waals surface area contributed by atoms with E-state index in [0.29, 0.717) is 23.8 Å². The van der Waals surface area contributed by atoms with Crippen LogP contribution in [0.5, 0.6) is 17.2 Å². The Morgan fingerprint density at radius 1 is 1.03 bits per heavy atom. The molecule has 1 aliphatic heterocycles. The van der Waals surface area contributed by atoms with Gasteiger partial charge in [0.25, 0.3) is 0 Å². The molecule has 30 heavy (non-hydrogen) atoms. The first-order chi connectivity index (χ1) is 14.7. The lowest BCUT2D eigenvalue weighted by molar-refractivity contribution is 0.323. The van der Waals surface area contributed by atoms with Crippen LogP contribution in [0.2, 0.25) is 0 Å². The van der Waals surface area contributed by atoms with Crippen LogP contribution in [-0.2, 0) is 25.9 Å². The minimum absolute atomic E-state index is 0.566. The molecule has 0 amide bonds. The van der Waals surface area contributed by atoms with Crippen LogP contribution in [0.1, 0.15) is 36.5 Å². The highest BCUT2D eigenvalue weighted by atomic mass is 16.5. The molecule has 9 nitrogen and oxygen atoms in total. The van der Waals surface area contributed by atoms with Crippen LogP contribution in [0.4, 0.5) is 0 Å². The third-order valence-electron chi connectivity index (χ3n) is 5.24. The van der Waals surface area contributed by atoms with E-state index in [2.05, 4.69) is 30.4 Å². The summed E-state index contributed by atoms with van der Waals surface area (Å²) in [6.07, 6.45) is 5.49. The van der Waals surface area contributed by atoms with Gasteiger partial charge in [-0.1, -0.05) is 6.42 Å². The topological polar surface area (TPSA) is 94.8 Å². The molecule has 0 unspecified atom stereocenters. The fourth-order valence-corrected chi connectivity index (χ4v) is 3.67. The zero-order valence-corrected chi connectivity index (χ0v) is 18.3. The van der Waals surface area contributed by atoms with Gasteiger partial charge < -0.3 is 29.4 Å². The Hall–Kier alpha value is -2.97. The number of methoxy groups -OCH3 is 3. The highest BCUT2D eigenvalue weighted by Crippen LogP contribution is 2.38. The number of hydrogen-bond acceptors (Lipinski definition) is 6. The van der Waals surface area contributed by atoms with Crippen molar-refractivity contribution in [3.8, 4) is 17.2 Å². The number of nitrogens with zero attached hydrogens (tertiary/aromatic N) is 4. The zero-order chi connectivity index (χ0) is 21.3. The molecule has 0 radical (unpaired) electrons. The molecule has 2 N–H and O–H groups in total. The first-order valence-electron chi connectivity index (χ1n) is 10.3. The molecule has 0 aliphatic carbocycles. The molecule has 0 fully saturated rings. The summed E-state index contributed by atoms with van der Waals surface area (Å²) in [6.45, 7) is 2.32. The fraction of sp³-hybridized carbons (Fsp3) is 0.571. The lowest BCUT2D eigenvalue weighted by atomic mass is 10.2. The van der Waals surface area contributed by atoms with Gasteiger partial charge in [-0.15, -0.1) is 10.2 Å². The number of ether oxygens (including phenoxy) is 3. The summed E-state index contributed by atoms with van der Waals surface area (Å²) >= 11 is 0. The van der Waals surface area contributed by atoms with Gasteiger partial charge in [-0.05, 0) is 30.5 Å². The predicted octanol–water partition coefficient (Wildman–Crippen LogP) is 1.94. The molecule has 0 saturated carbocycles. The second-order valence-electron chi connectivity index (χ2n) is 7.13. The summed E-state index contributed by atoms with van der Waals surface area (Å²) in [4.78, 5) is 4.31. The molecule has 2 heterocycles. The maximum absolute atomic E-state index is 5.42. The van der Waals surface area contributed by atoms with E-state index in [-0.39, 0.29) is 0 Å². The number of benzene rings is 1. The maximum Gasteiger partial charge on any atom is 0.203 e. The van der Waals surface area contributed by atoms with Gasteiger partial charge in [-0.25, -0.2) is 0 Å². The number of fused-ring (bicyclic) bond motifs is 1. The number of nitrogens with one attached hydrogen (secondary N) is 2. The third-order valence-corrected chi connectivity index (χ3v) is 5.24. The van der Waals surface area contributed by atoms with Gasteiger partial charge in [-0.3, -0.25) is 4.99 Å². The number of hydrogen-bond donors (Lipinski definition) is 2. The lowest BCUT2D eigenvalue weighted by Gasteiger charge is -2.16. The van der Waals surface area contributed by atoms with Crippen LogP contribution in [0, 0.1) is 0 Å². The number of aryl methyl sites for hydroxylation is 1. The van der Waals surface area contributed by atoms with Crippen molar-refractivity contribution >= 4 is 5.96 Å². The van der Waals surface area contributed by atoms with Crippen LogP contribution in [0.25, 0.3) is 0 Å². The molecule has 0 bridgehead atoms. The summed E-state index contributed by atoms with van der Waals surface area (Å²) in [5.74, 6) is 4.72. The van der Waals surface area contributed by atoms with Gasteiger partial charge in [-0.2, -0.15) is 0 Å². The number of rotatable bonds is 8. The van der Waals surface area contributed by atoms with Crippen LogP contribution < -0.4 is 24.8 Å². The monoisotopic (exact) mass is 416 g/mol. The molecular weight excluding hydrogens is 384 g/mol. The number of aromatic nitrogens is 3.